The molecule has 0 aromatic carbocycles. The van der Waals surface area contributed by atoms with Crippen LogP contribution in [0.1, 0.15) is 38.7 Å². The van der Waals surface area contributed by atoms with Crippen molar-refractivity contribution >= 4 is 0 Å². The Morgan fingerprint density at radius 1 is 1.25 bits per heavy atom. The minimum absolute atomic E-state index is 0.276. The normalized spacial score (nSPS) is 30.0. The van der Waals surface area contributed by atoms with Crippen LogP contribution in [0, 0.1) is 11.8 Å². The van der Waals surface area contributed by atoms with Crippen molar-refractivity contribution in [2.45, 2.75) is 45.8 Å². The van der Waals surface area contributed by atoms with Crippen molar-refractivity contribution in [1.29, 1.82) is 0 Å². The van der Waals surface area contributed by atoms with E-state index in [0.29, 0.717) is 24.3 Å². The molecule has 0 saturated heterocycles. The van der Waals surface area contributed by atoms with E-state index in [1.807, 2.05) is 6.07 Å². The molecule has 1 saturated carbocycles. The molecule has 1 aliphatic heterocycles. The maximum absolute atomic E-state index is 6.18. The first-order chi connectivity index (χ1) is 9.74. The zero-order chi connectivity index (χ0) is 13.9. The molecule has 20 heavy (non-hydrogen) atoms. The van der Waals surface area contributed by atoms with Crippen LogP contribution in [0.2, 0.25) is 0 Å². The van der Waals surface area contributed by atoms with Gasteiger partial charge < -0.3 is 14.8 Å². The van der Waals surface area contributed by atoms with Gasteiger partial charge in [0.15, 0.2) is 0 Å². The van der Waals surface area contributed by atoms with Crippen LogP contribution in [-0.2, 0) is 6.54 Å². The molecule has 0 radical (unpaired) electrons. The summed E-state index contributed by atoms with van der Waals surface area (Å²) in [5, 5.41) is 3.31. The molecular formula is C16H24N2O2. The van der Waals surface area contributed by atoms with Gasteiger partial charge in [-0.2, -0.15) is 4.98 Å². The molecule has 2 heterocycles. The third kappa shape index (κ3) is 2.90. The van der Waals surface area contributed by atoms with Crippen molar-refractivity contribution in [3.05, 3.63) is 17.7 Å². The number of nitrogens with zero attached hydrogens (tertiary/aromatic N) is 1. The lowest BCUT2D eigenvalue weighted by molar-refractivity contribution is 0.0507. The van der Waals surface area contributed by atoms with E-state index in [-0.39, 0.29) is 6.10 Å². The first-order valence-electron chi connectivity index (χ1n) is 7.74. The number of hydrogen-bond acceptors (Lipinski definition) is 4. The maximum atomic E-state index is 6.18. The van der Waals surface area contributed by atoms with E-state index in [1.54, 1.807) is 0 Å². The van der Waals surface area contributed by atoms with Crippen LogP contribution >= 0.6 is 0 Å². The zero-order valence-corrected chi connectivity index (χ0v) is 12.4. The van der Waals surface area contributed by atoms with E-state index in [1.165, 1.54) is 19.3 Å². The van der Waals surface area contributed by atoms with Crippen molar-refractivity contribution in [3.63, 3.8) is 0 Å². The Hall–Kier alpha value is -1.29. The fourth-order valence-corrected chi connectivity index (χ4v) is 3.24. The lowest BCUT2D eigenvalue weighted by atomic mass is 9.80. The van der Waals surface area contributed by atoms with Gasteiger partial charge in [0.05, 0.1) is 0 Å². The molecule has 2 atom stereocenters. The summed E-state index contributed by atoms with van der Waals surface area (Å²) >= 11 is 0. The van der Waals surface area contributed by atoms with Crippen LogP contribution in [0.4, 0.5) is 0 Å². The molecule has 1 aliphatic carbocycles. The summed E-state index contributed by atoms with van der Waals surface area (Å²) in [6, 6.07) is 4.04. The highest BCUT2D eigenvalue weighted by Crippen LogP contribution is 2.32. The molecule has 1 N–H and O–H groups in total. The highest BCUT2D eigenvalue weighted by Gasteiger charge is 2.30. The topological polar surface area (TPSA) is 43.4 Å². The largest absolute Gasteiger partial charge is 0.476 e. The summed E-state index contributed by atoms with van der Waals surface area (Å²) in [5.74, 6) is 2.63. The number of ether oxygens (including phenoxy) is 2. The molecule has 4 heteroatoms. The standard InChI is InChI=1S/C16H24N2O2/c1-11-4-3-5-12(2)15(11)20-14-7-6-13-10-17-8-9-19-16(13)18-14/h6-7,11-12,15,17H,3-5,8-10H2,1-2H3. The van der Waals surface area contributed by atoms with Crippen molar-refractivity contribution in [2.24, 2.45) is 11.8 Å². The molecule has 2 unspecified atom stereocenters. The highest BCUT2D eigenvalue weighted by atomic mass is 16.5. The number of rotatable bonds is 2. The van der Waals surface area contributed by atoms with E-state index in [2.05, 4.69) is 30.2 Å². The number of fused-ring (bicyclic) bond motifs is 1. The van der Waals surface area contributed by atoms with E-state index >= 15 is 0 Å². The van der Waals surface area contributed by atoms with E-state index in [0.717, 1.165) is 24.5 Å². The fourth-order valence-electron chi connectivity index (χ4n) is 3.24. The van der Waals surface area contributed by atoms with Crippen LogP contribution in [0.5, 0.6) is 11.8 Å². The number of pyridine rings is 1. The smallest absolute Gasteiger partial charge is 0.221 e. The molecule has 110 valence electrons. The Bertz CT molecular complexity index is 454. The summed E-state index contributed by atoms with van der Waals surface area (Å²) in [5.41, 5.74) is 1.11. The molecule has 0 spiro atoms. The molecule has 1 fully saturated rings. The Labute approximate surface area is 120 Å². The Morgan fingerprint density at radius 3 is 2.85 bits per heavy atom. The van der Waals surface area contributed by atoms with E-state index in [4.69, 9.17) is 9.47 Å². The summed E-state index contributed by atoms with van der Waals surface area (Å²) in [6.07, 6.45) is 4.09. The average molecular weight is 276 g/mol. The lowest BCUT2D eigenvalue weighted by Crippen LogP contribution is -2.35. The van der Waals surface area contributed by atoms with Gasteiger partial charge in [0.2, 0.25) is 11.8 Å². The third-order valence-electron chi connectivity index (χ3n) is 4.44. The van der Waals surface area contributed by atoms with E-state index < -0.39 is 0 Å². The second kappa shape index (κ2) is 6.00. The zero-order valence-electron chi connectivity index (χ0n) is 12.4. The lowest BCUT2D eigenvalue weighted by Gasteiger charge is -2.34. The van der Waals surface area contributed by atoms with Gasteiger partial charge in [0, 0.05) is 24.7 Å². The van der Waals surface area contributed by atoms with Crippen molar-refractivity contribution < 1.29 is 9.47 Å². The highest BCUT2D eigenvalue weighted by molar-refractivity contribution is 5.31. The summed E-state index contributed by atoms with van der Waals surface area (Å²) in [7, 11) is 0. The average Bonchev–Trinajstić information content (AvgIpc) is 2.68. The van der Waals surface area contributed by atoms with E-state index in [9.17, 15) is 0 Å². The van der Waals surface area contributed by atoms with Crippen LogP contribution in [-0.4, -0.2) is 24.2 Å². The van der Waals surface area contributed by atoms with Crippen LogP contribution in [0.3, 0.4) is 0 Å². The van der Waals surface area contributed by atoms with Crippen LogP contribution < -0.4 is 14.8 Å². The predicted octanol–water partition coefficient (Wildman–Crippen LogP) is 2.77. The number of aromatic nitrogens is 1. The summed E-state index contributed by atoms with van der Waals surface area (Å²) in [6.45, 7) is 6.91. The molecule has 0 bridgehead atoms. The van der Waals surface area contributed by atoms with Crippen molar-refractivity contribution in [1.82, 2.24) is 10.3 Å². The molecule has 2 aliphatic rings. The first-order valence-corrected chi connectivity index (χ1v) is 7.74. The van der Waals surface area contributed by atoms with Crippen molar-refractivity contribution in [2.75, 3.05) is 13.2 Å². The quantitative estimate of drug-likeness (QED) is 0.902. The second-order valence-corrected chi connectivity index (χ2v) is 6.11. The number of nitrogens with one attached hydrogen (secondary N) is 1. The molecule has 0 amide bonds. The number of hydrogen-bond donors (Lipinski definition) is 1. The monoisotopic (exact) mass is 276 g/mol. The van der Waals surface area contributed by atoms with Gasteiger partial charge in [-0.15, -0.1) is 0 Å². The van der Waals surface area contributed by atoms with Gasteiger partial charge in [-0.05, 0) is 30.7 Å². The Kier molecular flexibility index (Phi) is 4.10. The minimum atomic E-state index is 0.276. The molecule has 4 nitrogen and oxygen atoms in total. The van der Waals surface area contributed by atoms with Crippen LogP contribution in [0.15, 0.2) is 12.1 Å². The molecule has 3 rings (SSSR count). The summed E-state index contributed by atoms with van der Waals surface area (Å²) in [4.78, 5) is 4.55. The molecular weight excluding hydrogens is 252 g/mol. The Morgan fingerprint density at radius 2 is 2.05 bits per heavy atom. The maximum Gasteiger partial charge on any atom is 0.221 e. The fraction of sp³-hybridized carbons (Fsp3) is 0.688. The Balaban J connectivity index is 1.75. The van der Waals surface area contributed by atoms with Gasteiger partial charge in [0.25, 0.3) is 0 Å². The van der Waals surface area contributed by atoms with Crippen molar-refractivity contribution in [3.8, 4) is 11.8 Å². The van der Waals surface area contributed by atoms with Gasteiger partial charge in [-0.1, -0.05) is 20.3 Å². The predicted molar refractivity (Wildman–Crippen MR) is 78.0 cm³/mol. The van der Waals surface area contributed by atoms with Gasteiger partial charge in [0.1, 0.15) is 12.7 Å². The summed E-state index contributed by atoms with van der Waals surface area (Å²) < 4.78 is 11.9. The van der Waals surface area contributed by atoms with Gasteiger partial charge >= 0.3 is 0 Å². The first kappa shape index (κ1) is 13.7. The molecule has 1 aromatic rings. The van der Waals surface area contributed by atoms with Gasteiger partial charge in [-0.3, -0.25) is 0 Å². The minimum Gasteiger partial charge on any atom is -0.476 e. The SMILES string of the molecule is CC1CCCC(C)C1Oc1ccc2c(n1)OCCNC2. The molecule has 1 aromatic heterocycles. The van der Waals surface area contributed by atoms with Crippen LogP contribution in [0.25, 0.3) is 0 Å². The second-order valence-electron chi connectivity index (χ2n) is 6.11. The third-order valence-corrected chi connectivity index (χ3v) is 4.44. The van der Waals surface area contributed by atoms with Gasteiger partial charge in [-0.25, -0.2) is 0 Å².